The van der Waals surface area contributed by atoms with E-state index in [0.717, 1.165) is 83.2 Å². The zero-order chi connectivity index (χ0) is 54.6. The lowest BCUT2D eigenvalue weighted by atomic mass is 10.1. The van der Waals surface area contributed by atoms with E-state index in [1.807, 2.05) is 0 Å². The molecule has 0 atom stereocenters. The number of nitrogens with zero attached hydrogens (tertiary/aromatic N) is 6. The van der Waals surface area contributed by atoms with E-state index < -0.39 is 8.07 Å². The highest BCUT2D eigenvalue weighted by molar-refractivity contribution is 7.19. The van der Waals surface area contributed by atoms with Gasteiger partial charge in [0.25, 0.3) is 0 Å². The number of fused-ring (bicyclic) bond motifs is 12. The predicted octanol–water partition coefficient (Wildman–Crippen LogP) is 15.9. The van der Waals surface area contributed by atoms with Gasteiger partial charge >= 0.3 is 0 Å². The molecule has 5 aromatic heterocycles. The van der Waals surface area contributed by atoms with Gasteiger partial charge in [0.05, 0.1) is 44.1 Å². The van der Waals surface area contributed by atoms with E-state index in [9.17, 15) is 0 Å². The van der Waals surface area contributed by atoms with E-state index in [1.54, 1.807) is 0 Å². The van der Waals surface area contributed by atoms with Gasteiger partial charge in [0.2, 0.25) is 0 Å². The fourth-order valence-electron chi connectivity index (χ4n) is 13.8. The Kier molecular flexibility index (Phi) is 10.5. The second-order valence-corrected chi connectivity index (χ2v) is 25.5. The van der Waals surface area contributed by atoms with Crippen LogP contribution in [-0.4, -0.2) is 36.3 Å². The first kappa shape index (κ1) is 47.0. The topological polar surface area (TPSA) is 45.5 Å². The first-order valence-corrected chi connectivity index (χ1v) is 30.4. The Balaban J connectivity index is 0.947. The molecule has 0 saturated heterocycles. The van der Waals surface area contributed by atoms with Crippen molar-refractivity contribution in [3.05, 3.63) is 303 Å². The zero-order valence-corrected chi connectivity index (χ0v) is 46.1. The maximum absolute atomic E-state index is 5.80. The number of aromatic nitrogens is 6. The molecule has 7 heteroatoms. The summed E-state index contributed by atoms with van der Waals surface area (Å²) in [5.41, 5.74) is 12.0. The van der Waals surface area contributed by atoms with Crippen molar-refractivity contribution in [1.29, 1.82) is 0 Å². The molecule has 0 aliphatic rings. The summed E-state index contributed by atoms with van der Waals surface area (Å²) < 4.78 is 9.53. The molecular formula is C76H50N6Si. The number of rotatable bonds is 9. The predicted molar refractivity (Wildman–Crippen MR) is 348 cm³/mol. The van der Waals surface area contributed by atoms with Crippen LogP contribution in [0.5, 0.6) is 0 Å². The van der Waals surface area contributed by atoms with Gasteiger partial charge in [0.15, 0.2) is 13.9 Å². The van der Waals surface area contributed by atoms with Gasteiger partial charge in [-0.1, -0.05) is 231 Å². The fourth-order valence-corrected chi connectivity index (χ4v) is 18.6. The highest BCUT2D eigenvalue weighted by Gasteiger charge is 2.41. The van der Waals surface area contributed by atoms with Crippen LogP contribution in [-0.2, 0) is 0 Å². The van der Waals surface area contributed by atoms with Crippen LogP contribution in [0, 0.1) is 0 Å². The van der Waals surface area contributed by atoms with E-state index in [0.29, 0.717) is 5.82 Å². The van der Waals surface area contributed by atoms with Crippen molar-refractivity contribution in [2.75, 3.05) is 0 Å². The average Bonchev–Trinajstić information content (AvgIpc) is 4.42. The van der Waals surface area contributed by atoms with Crippen LogP contribution < -0.4 is 20.7 Å². The third kappa shape index (κ3) is 7.08. The number of para-hydroxylation sites is 6. The van der Waals surface area contributed by atoms with Crippen molar-refractivity contribution in [2.45, 2.75) is 0 Å². The fraction of sp³-hybridized carbons (Fsp3) is 0. The Labute approximate surface area is 479 Å². The number of hydrogen-bond donors (Lipinski definition) is 0. The molecule has 0 N–H and O–H groups in total. The Bertz CT molecular complexity index is 5200. The summed E-state index contributed by atoms with van der Waals surface area (Å²) in [7, 11) is -2.95. The smallest absolute Gasteiger partial charge is 0.179 e. The summed E-state index contributed by atoms with van der Waals surface area (Å²) in [6.07, 6.45) is 0. The van der Waals surface area contributed by atoms with E-state index in [-0.39, 0.29) is 0 Å². The summed E-state index contributed by atoms with van der Waals surface area (Å²) in [5.74, 6) is 2.17. The first-order chi connectivity index (χ1) is 41.2. The van der Waals surface area contributed by atoms with Crippen molar-refractivity contribution in [1.82, 2.24) is 28.2 Å². The van der Waals surface area contributed by atoms with E-state index in [1.165, 1.54) is 53.3 Å². The molecule has 83 heavy (non-hydrogen) atoms. The van der Waals surface area contributed by atoms with Crippen molar-refractivity contribution >= 4 is 116 Å². The van der Waals surface area contributed by atoms with Gasteiger partial charge in [-0.05, 0) is 87.5 Å². The van der Waals surface area contributed by atoms with Crippen LogP contribution in [0.25, 0.3) is 122 Å². The Morgan fingerprint density at radius 3 is 1.01 bits per heavy atom. The summed E-state index contributed by atoms with van der Waals surface area (Å²) in [4.78, 5) is 11.6. The van der Waals surface area contributed by atoms with E-state index in [2.05, 4.69) is 322 Å². The van der Waals surface area contributed by atoms with Crippen LogP contribution in [0.4, 0.5) is 0 Å². The third-order valence-corrected chi connectivity index (χ3v) is 22.1. The largest absolute Gasteiger partial charge is 0.309 e. The molecule has 6 nitrogen and oxygen atoms in total. The minimum atomic E-state index is -2.95. The SMILES string of the molecule is c1ccc([Si](c2ccccc2)(c2ccccc2)c2cccc(-c3nc(-n4c5ccccc5c5cc(-n6c7ccccc7c7ccccc76)ccc54)cc(-n4c5ccccc5c5ccc(-n6c7ccccc7c7ccccc76)cc54)n3)c2)cc1. The molecule has 388 valence electrons. The Morgan fingerprint density at radius 2 is 0.554 bits per heavy atom. The van der Waals surface area contributed by atoms with E-state index in [4.69, 9.17) is 9.97 Å². The molecule has 0 unspecified atom stereocenters. The molecule has 0 spiro atoms. The molecule has 0 saturated carbocycles. The Morgan fingerprint density at radius 1 is 0.217 bits per heavy atom. The normalized spacial score (nSPS) is 12.1. The maximum Gasteiger partial charge on any atom is 0.179 e. The molecule has 0 bridgehead atoms. The number of benzene rings is 12. The van der Waals surface area contributed by atoms with Gasteiger partial charge in [-0.2, -0.15) is 0 Å². The minimum Gasteiger partial charge on any atom is -0.309 e. The van der Waals surface area contributed by atoms with Gasteiger partial charge in [-0.15, -0.1) is 0 Å². The van der Waals surface area contributed by atoms with Gasteiger partial charge in [0.1, 0.15) is 11.6 Å². The Hall–Kier alpha value is -10.9. The summed E-state index contributed by atoms with van der Waals surface area (Å²) in [5, 5.41) is 14.7. The monoisotopic (exact) mass is 1070 g/mol. The molecule has 0 amide bonds. The van der Waals surface area contributed by atoms with Crippen molar-refractivity contribution in [3.8, 4) is 34.4 Å². The molecular weight excluding hydrogens is 1020 g/mol. The van der Waals surface area contributed by atoms with Gasteiger partial charge in [0, 0.05) is 66.1 Å². The van der Waals surface area contributed by atoms with Crippen LogP contribution >= 0.6 is 0 Å². The van der Waals surface area contributed by atoms with Crippen molar-refractivity contribution in [3.63, 3.8) is 0 Å². The van der Waals surface area contributed by atoms with Gasteiger partial charge < -0.3 is 9.13 Å². The van der Waals surface area contributed by atoms with Crippen LogP contribution in [0.15, 0.2) is 303 Å². The summed E-state index contributed by atoms with van der Waals surface area (Å²) >= 11 is 0. The third-order valence-electron chi connectivity index (χ3n) is 17.3. The number of hydrogen-bond acceptors (Lipinski definition) is 2. The molecule has 0 radical (unpaired) electrons. The van der Waals surface area contributed by atoms with Gasteiger partial charge in [-0.3, -0.25) is 9.13 Å². The summed E-state index contributed by atoms with van der Waals surface area (Å²) in [6.45, 7) is 0. The maximum atomic E-state index is 5.80. The molecule has 0 aliphatic carbocycles. The molecule has 12 aromatic carbocycles. The van der Waals surface area contributed by atoms with Crippen molar-refractivity contribution < 1.29 is 0 Å². The molecule has 17 rings (SSSR count). The van der Waals surface area contributed by atoms with E-state index >= 15 is 0 Å². The van der Waals surface area contributed by atoms with Gasteiger partial charge in [-0.25, -0.2) is 9.97 Å². The highest BCUT2D eigenvalue weighted by Crippen LogP contribution is 2.40. The highest BCUT2D eigenvalue weighted by atomic mass is 28.3. The standard InChI is InChI=1S/C76H50N6Si/c1-4-24-54(25-5-1)83(55-26-6-2-7-27-55,56-28-8-3-9-29-56)57-30-22-23-51(47-57)76-77-74(81-71-42-21-15-36-63(71)65-48-52(44-46-72(65)81)79-66-37-16-10-31-58(66)59-32-11-17-38-67(59)79)50-75(78-76)82-70-41-20-14-35-62(70)64-45-43-53(49-73(64)82)80-68-39-18-12-33-60(68)61-34-13-19-40-69(61)80/h1-50H. The van der Waals surface area contributed by atoms with Crippen LogP contribution in [0.2, 0.25) is 0 Å². The molecule has 0 aliphatic heterocycles. The first-order valence-electron chi connectivity index (χ1n) is 28.4. The van der Waals surface area contributed by atoms with Crippen LogP contribution in [0.3, 0.4) is 0 Å². The lowest BCUT2D eigenvalue weighted by Gasteiger charge is -2.34. The molecule has 0 fully saturated rings. The average molecular weight is 1080 g/mol. The minimum absolute atomic E-state index is 0.633. The second kappa shape index (κ2) is 18.6. The lowest BCUT2D eigenvalue weighted by Crippen LogP contribution is -2.74. The zero-order valence-electron chi connectivity index (χ0n) is 45.1. The molecule has 17 aromatic rings. The van der Waals surface area contributed by atoms with Crippen LogP contribution in [0.1, 0.15) is 0 Å². The summed E-state index contributed by atoms with van der Waals surface area (Å²) in [6, 6.07) is 111. The van der Waals surface area contributed by atoms with Crippen molar-refractivity contribution in [2.24, 2.45) is 0 Å². The quantitative estimate of drug-likeness (QED) is 0.107. The molecule has 5 heterocycles. The lowest BCUT2D eigenvalue weighted by molar-refractivity contribution is 0.993. The second-order valence-electron chi connectivity index (χ2n) is 21.7.